The van der Waals surface area contributed by atoms with E-state index < -0.39 is 11.6 Å². The Bertz CT molecular complexity index is 347. The van der Waals surface area contributed by atoms with Gasteiger partial charge in [0.2, 0.25) is 0 Å². The van der Waals surface area contributed by atoms with Crippen LogP contribution in [-0.4, -0.2) is 0 Å². The molecule has 0 N–H and O–H groups in total. The third kappa shape index (κ3) is 1.60. The lowest BCUT2D eigenvalue weighted by atomic mass is 10.1. The fraction of sp³-hybridized carbons (Fsp3) is 0.100. The van der Waals surface area contributed by atoms with Gasteiger partial charge >= 0.3 is 0 Å². The van der Waals surface area contributed by atoms with Gasteiger partial charge in [-0.15, -0.1) is 5.73 Å². The zero-order chi connectivity index (χ0) is 9.14. The molecule has 0 saturated heterocycles. The maximum atomic E-state index is 12.6. The average Bonchev–Trinajstić information content (AvgIpc) is 2.08. The van der Waals surface area contributed by atoms with Crippen molar-refractivity contribution in [3.63, 3.8) is 0 Å². The molecular weight excluding hydrogens is 158 g/mol. The monoisotopic (exact) mass is 166 g/mol. The van der Waals surface area contributed by atoms with Gasteiger partial charge in [0.15, 0.2) is 11.6 Å². The fourth-order valence-electron chi connectivity index (χ4n) is 0.831. The number of halogens is 2. The highest BCUT2D eigenvalue weighted by Gasteiger charge is 2.02. The molecule has 1 rings (SSSR count). The molecule has 0 saturated carbocycles. The molecule has 0 aliphatic carbocycles. The largest absolute Gasteiger partial charge is 0.204 e. The second-order valence-electron chi connectivity index (χ2n) is 2.43. The summed E-state index contributed by atoms with van der Waals surface area (Å²) in [5, 5.41) is 0. The topological polar surface area (TPSA) is 0 Å². The lowest BCUT2D eigenvalue weighted by Gasteiger charge is -1.98. The van der Waals surface area contributed by atoms with E-state index in [1.165, 1.54) is 6.07 Å². The van der Waals surface area contributed by atoms with Gasteiger partial charge in [0.1, 0.15) is 0 Å². The summed E-state index contributed by atoms with van der Waals surface area (Å²) < 4.78 is 25.1. The molecule has 0 bridgehead atoms. The molecule has 0 spiro atoms. The fourth-order valence-corrected chi connectivity index (χ4v) is 0.831. The van der Waals surface area contributed by atoms with E-state index in [9.17, 15) is 8.78 Å². The second-order valence-corrected chi connectivity index (χ2v) is 2.43. The smallest absolute Gasteiger partial charge is 0.159 e. The Balaban J connectivity index is 3.22. The summed E-state index contributed by atoms with van der Waals surface area (Å²) in [7, 11) is 0. The van der Waals surface area contributed by atoms with Crippen molar-refractivity contribution in [1.82, 2.24) is 0 Å². The molecule has 62 valence electrons. The van der Waals surface area contributed by atoms with Gasteiger partial charge in [-0.05, 0) is 30.2 Å². The summed E-state index contributed by atoms with van der Waals surface area (Å²) in [5.41, 5.74) is 3.91. The number of hydrogen-bond acceptors (Lipinski definition) is 0. The normalized spacial score (nSPS) is 9.25. The summed E-state index contributed by atoms with van der Waals surface area (Å²) in [6.45, 7) is 5.15. The number of benzene rings is 1. The van der Waals surface area contributed by atoms with E-state index in [0.29, 0.717) is 11.1 Å². The zero-order valence-electron chi connectivity index (χ0n) is 6.70. The number of rotatable bonds is 1. The molecule has 0 nitrogen and oxygen atoms in total. The van der Waals surface area contributed by atoms with Crippen LogP contribution < -0.4 is 0 Å². The van der Waals surface area contributed by atoms with Crippen LogP contribution in [0.4, 0.5) is 8.78 Å². The minimum atomic E-state index is -0.845. The third-order valence-corrected chi connectivity index (χ3v) is 1.62. The molecule has 0 unspecified atom stereocenters. The van der Waals surface area contributed by atoms with Crippen LogP contribution in [0.5, 0.6) is 0 Å². The van der Waals surface area contributed by atoms with Crippen molar-refractivity contribution in [2.24, 2.45) is 0 Å². The maximum absolute atomic E-state index is 12.6. The lowest BCUT2D eigenvalue weighted by molar-refractivity contribution is 0.508. The van der Waals surface area contributed by atoms with Gasteiger partial charge in [0, 0.05) is 0 Å². The standard InChI is InChI=1S/C10H8F2/c1-3-7(2)8-4-5-9(11)10(12)6-8/h4-6H,1H2,2H3. The maximum Gasteiger partial charge on any atom is 0.159 e. The zero-order valence-corrected chi connectivity index (χ0v) is 6.70. The third-order valence-electron chi connectivity index (χ3n) is 1.62. The minimum Gasteiger partial charge on any atom is -0.204 e. The quantitative estimate of drug-likeness (QED) is 0.562. The second kappa shape index (κ2) is 3.33. The van der Waals surface area contributed by atoms with Crippen LogP contribution >= 0.6 is 0 Å². The van der Waals surface area contributed by atoms with Crippen LogP contribution in [-0.2, 0) is 0 Å². The predicted octanol–water partition coefficient (Wildman–Crippen LogP) is 3.15. The molecule has 0 amide bonds. The van der Waals surface area contributed by atoms with Crippen molar-refractivity contribution in [3.05, 3.63) is 47.7 Å². The van der Waals surface area contributed by atoms with Crippen molar-refractivity contribution in [3.8, 4) is 0 Å². The highest BCUT2D eigenvalue weighted by atomic mass is 19.2. The average molecular weight is 166 g/mol. The van der Waals surface area contributed by atoms with Crippen LogP contribution in [0.25, 0.3) is 5.57 Å². The van der Waals surface area contributed by atoms with Gasteiger partial charge in [0.05, 0.1) is 0 Å². The molecule has 2 heteroatoms. The summed E-state index contributed by atoms with van der Waals surface area (Å²) >= 11 is 0. The first-order valence-corrected chi connectivity index (χ1v) is 3.47. The summed E-state index contributed by atoms with van der Waals surface area (Å²) in [6, 6.07) is 3.71. The molecule has 0 aromatic heterocycles. The molecule has 0 aliphatic heterocycles. The Morgan fingerprint density at radius 1 is 1.33 bits per heavy atom. The molecule has 1 aromatic carbocycles. The Kier molecular flexibility index (Phi) is 2.41. The van der Waals surface area contributed by atoms with E-state index in [4.69, 9.17) is 0 Å². The minimum absolute atomic E-state index is 0.601. The van der Waals surface area contributed by atoms with Gasteiger partial charge in [-0.2, -0.15) is 0 Å². The van der Waals surface area contributed by atoms with Gasteiger partial charge in [-0.1, -0.05) is 12.6 Å². The van der Waals surface area contributed by atoms with Crippen LogP contribution in [0.3, 0.4) is 0 Å². The number of hydrogen-bond donors (Lipinski definition) is 0. The van der Waals surface area contributed by atoms with Crippen LogP contribution in [0.15, 0.2) is 30.5 Å². The highest BCUT2D eigenvalue weighted by Crippen LogP contribution is 2.15. The van der Waals surface area contributed by atoms with E-state index >= 15 is 0 Å². The summed E-state index contributed by atoms with van der Waals surface area (Å²) in [6.07, 6.45) is 0. The first kappa shape index (κ1) is 8.69. The molecule has 0 aliphatic rings. The van der Waals surface area contributed by atoms with Crippen molar-refractivity contribution in [2.75, 3.05) is 0 Å². The van der Waals surface area contributed by atoms with E-state index in [0.717, 1.165) is 12.1 Å². The highest BCUT2D eigenvalue weighted by molar-refractivity contribution is 5.62. The Morgan fingerprint density at radius 3 is 2.50 bits per heavy atom. The molecule has 0 atom stereocenters. The first-order valence-electron chi connectivity index (χ1n) is 3.47. The van der Waals surface area contributed by atoms with Crippen LogP contribution in [0, 0.1) is 11.6 Å². The Labute approximate surface area is 69.8 Å². The Morgan fingerprint density at radius 2 is 2.00 bits per heavy atom. The molecule has 1 aromatic rings. The molecule has 0 radical (unpaired) electrons. The summed E-state index contributed by atoms with van der Waals surface area (Å²) in [4.78, 5) is 0. The van der Waals surface area contributed by atoms with Crippen LogP contribution in [0.1, 0.15) is 12.5 Å². The first-order chi connectivity index (χ1) is 5.65. The van der Waals surface area contributed by atoms with E-state index in [1.54, 1.807) is 6.92 Å². The van der Waals surface area contributed by atoms with Gasteiger partial charge in [0.25, 0.3) is 0 Å². The van der Waals surface area contributed by atoms with Crippen molar-refractivity contribution in [1.29, 1.82) is 0 Å². The van der Waals surface area contributed by atoms with Crippen LogP contribution in [0.2, 0.25) is 0 Å². The number of allylic oxidation sites excluding steroid dienone is 1. The van der Waals surface area contributed by atoms with E-state index in [-0.39, 0.29) is 0 Å². The lowest BCUT2D eigenvalue weighted by Crippen LogP contribution is -1.85. The molecule has 12 heavy (non-hydrogen) atoms. The van der Waals surface area contributed by atoms with E-state index in [2.05, 4.69) is 12.3 Å². The van der Waals surface area contributed by atoms with Gasteiger partial charge < -0.3 is 0 Å². The molecule has 0 fully saturated rings. The van der Waals surface area contributed by atoms with Gasteiger partial charge in [-0.25, -0.2) is 8.78 Å². The van der Waals surface area contributed by atoms with Crippen molar-refractivity contribution >= 4 is 5.57 Å². The van der Waals surface area contributed by atoms with E-state index in [1.807, 2.05) is 0 Å². The van der Waals surface area contributed by atoms with Gasteiger partial charge in [-0.3, -0.25) is 0 Å². The Hall–Kier alpha value is -1.40. The van der Waals surface area contributed by atoms with Crippen molar-refractivity contribution < 1.29 is 8.78 Å². The molecule has 0 heterocycles. The van der Waals surface area contributed by atoms with Crippen molar-refractivity contribution in [2.45, 2.75) is 6.92 Å². The summed E-state index contributed by atoms with van der Waals surface area (Å²) in [5.74, 6) is -1.68. The molecular formula is C10H8F2. The SMILES string of the molecule is C=C=C(C)c1ccc(F)c(F)c1. The predicted molar refractivity (Wildman–Crippen MR) is 44.6 cm³/mol.